The monoisotopic (exact) mass is 384 g/mol. The van der Waals surface area contributed by atoms with Crippen molar-refractivity contribution in [3.8, 4) is 17.1 Å². The summed E-state index contributed by atoms with van der Waals surface area (Å²) < 4.78 is 5.18. The highest BCUT2D eigenvalue weighted by molar-refractivity contribution is 7.09. The number of nitrogens with zero attached hydrogens (tertiary/aromatic N) is 4. The number of aromatic amines is 1. The fourth-order valence-corrected chi connectivity index (χ4v) is 3.33. The highest BCUT2D eigenvalue weighted by Gasteiger charge is 2.09. The number of methoxy groups -OCH3 is 1. The second-order valence-corrected chi connectivity index (χ2v) is 7.02. The molecule has 0 bridgehead atoms. The molecule has 7 nitrogen and oxygen atoms in total. The van der Waals surface area contributed by atoms with Crippen LogP contribution in [0.25, 0.3) is 11.4 Å². The first kappa shape index (κ1) is 18.9. The molecule has 0 fully saturated rings. The van der Waals surface area contributed by atoms with Crippen LogP contribution in [0.2, 0.25) is 0 Å². The summed E-state index contributed by atoms with van der Waals surface area (Å²) >= 11 is 1.78. The standard InChI is InChI=1S/C19H24N6OS/c1-20-19(25(2)11-10-16-5-4-12-27-16)21-13-17-22-18(24-23-17)14-6-8-15(26-3)9-7-14/h4-9,12H,10-11,13H2,1-3H3,(H,20,21)(H,22,23,24). The molecule has 0 aliphatic rings. The van der Waals surface area contributed by atoms with E-state index in [-0.39, 0.29) is 0 Å². The van der Waals surface area contributed by atoms with Gasteiger partial charge in [-0.3, -0.25) is 10.1 Å². The number of benzene rings is 1. The largest absolute Gasteiger partial charge is 0.497 e. The molecule has 0 aliphatic heterocycles. The van der Waals surface area contributed by atoms with Gasteiger partial charge in [-0.2, -0.15) is 5.10 Å². The first-order valence-electron chi connectivity index (χ1n) is 8.69. The van der Waals surface area contributed by atoms with Gasteiger partial charge < -0.3 is 15.0 Å². The summed E-state index contributed by atoms with van der Waals surface area (Å²) in [6.45, 7) is 1.42. The molecule has 8 heteroatoms. The second kappa shape index (κ2) is 9.18. The number of ether oxygens (including phenoxy) is 1. The third-order valence-corrected chi connectivity index (χ3v) is 5.08. The third kappa shape index (κ3) is 5.07. The van der Waals surface area contributed by atoms with Crippen molar-refractivity contribution in [1.29, 1.82) is 0 Å². The highest BCUT2D eigenvalue weighted by atomic mass is 32.1. The Morgan fingerprint density at radius 1 is 1.30 bits per heavy atom. The molecule has 3 rings (SSSR count). The summed E-state index contributed by atoms with van der Waals surface area (Å²) in [5.74, 6) is 3.06. The van der Waals surface area contributed by atoms with Crippen LogP contribution in [-0.2, 0) is 13.0 Å². The minimum Gasteiger partial charge on any atom is -0.497 e. The van der Waals surface area contributed by atoms with E-state index in [9.17, 15) is 0 Å². The Morgan fingerprint density at radius 3 is 2.78 bits per heavy atom. The molecular formula is C19H24N6OS. The van der Waals surface area contributed by atoms with Gasteiger partial charge in [0.2, 0.25) is 0 Å². The lowest BCUT2D eigenvalue weighted by Gasteiger charge is -2.21. The maximum absolute atomic E-state index is 5.18. The molecule has 0 spiro atoms. The normalized spacial score (nSPS) is 11.4. The molecule has 0 amide bonds. The topological polar surface area (TPSA) is 78.4 Å². The van der Waals surface area contributed by atoms with Gasteiger partial charge in [0.15, 0.2) is 11.8 Å². The van der Waals surface area contributed by atoms with E-state index in [1.165, 1.54) is 4.88 Å². The van der Waals surface area contributed by atoms with Crippen LogP contribution in [-0.4, -0.2) is 53.8 Å². The molecule has 0 saturated carbocycles. The van der Waals surface area contributed by atoms with E-state index < -0.39 is 0 Å². The summed E-state index contributed by atoms with van der Waals surface area (Å²) in [5.41, 5.74) is 0.941. The molecule has 0 atom stereocenters. The number of rotatable bonds is 7. The predicted octanol–water partition coefficient (Wildman–Crippen LogP) is 2.79. The average Bonchev–Trinajstić information content (AvgIpc) is 3.39. The first-order valence-corrected chi connectivity index (χ1v) is 9.57. The Balaban J connectivity index is 1.54. The molecule has 0 saturated heterocycles. The summed E-state index contributed by atoms with van der Waals surface area (Å²) in [6.07, 6.45) is 0.999. The number of guanidine groups is 1. The molecule has 0 aliphatic carbocycles. The fraction of sp³-hybridized carbons (Fsp3) is 0.316. The molecule has 3 aromatic rings. The number of hydrogen-bond acceptors (Lipinski definition) is 5. The van der Waals surface area contributed by atoms with Crippen LogP contribution in [0.1, 0.15) is 10.7 Å². The zero-order chi connectivity index (χ0) is 19.1. The van der Waals surface area contributed by atoms with E-state index in [0.29, 0.717) is 12.4 Å². The zero-order valence-electron chi connectivity index (χ0n) is 15.8. The molecule has 2 N–H and O–H groups in total. The summed E-state index contributed by atoms with van der Waals surface area (Å²) in [7, 11) is 5.47. The van der Waals surface area contributed by atoms with Gasteiger partial charge in [0.1, 0.15) is 11.6 Å². The predicted molar refractivity (Wildman–Crippen MR) is 109 cm³/mol. The van der Waals surface area contributed by atoms with E-state index in [2.05, 4.69) is 47.9 Å². The Bertz CT molecular complexity index is 857. The van der Waals surface area contributed by atoms with E-state index in [0.717, 1.165) is 36.1 Å². The van der Waals surface area contributed by atoms with Crippen LogP contribution in [0.5, 0.6) is 5.75 Å². The van der Waals surface area contributed by atoms with Crippen molar-refractivity contribution in [2.45, 2.75) is 13.0 Å². The third-order valence-electron chi connectivity index (χ3n) is 4.14. The van der Waals surface area contributed by atoms with Gasteiger partial charge in [-0.05, 0) is 42.1 Å². The zero-order valence-corrected chi connectivity index (χ0v) is 16.6. The van der Waals surface area contributed by atoms with Gasteiger partial charge in [-0.1, -0.05) is 6.07 Å². The lowest BCUT2D eigenvalue weighted by Crippen LogP contribution is -2.39. The smallest absolute Gasteiger partial charge is 0.193 e. The van der Waals surface area contributed by atoms with Crippen molar-refractivity contribution >= 4 is 17.3 Å². The maximum atomic E-state index is 5.18. The molecule has 0 radical (unpaired) electrons. The van der Waals surface area contributed by atoms with Gasteiger partial charge in [-0.15, -0.1) is 11.3 Å². The van der Waals surface area contributed by atoms with E-state index in [1.54, 1.807) is 25.5 Å². The van der Waals surface area contributed by atoms with Gasteiger partial charge in [0, 0.05) is 31.1 Å². The van der Waals surface area contributed by atoms with Crippen LogP contribution in [0.3, 0.4) is 0 Å². The lowest BCUT2D eigenvalue weighted by molar-refractivity contribution is 0.415. The Hall–Kier alpha value is -2.87. The van der Waals surface area contributed by atoms with Gasteiger partial charge >= 0.3 is 0 Å². The van der Waals surface area contributed by atoms with Crippen molar-refractivity contribution in [2.24, 2.45) is 4.99 Å². The molecular weight excluding hydrogens is 360 g/mol. The van der Waals surface area contributed by atoms with Crippen molar-refractivity contribution in [3.63, 3.8) is 0 Å². The molecule has 2 heterocycles. The maximum Gasteiger partial charge on any atom is 0.193 e. The molecule has 27 heavy (non-hydrogen) atoms. The van der Waals surface area contributed by atoms with Gasteiger partial charge in [0.25, 0.3) is 0 Å². The molecule has 2 aromatic heterocycles. The SMILES string of the molecule is CN=C(NCc1nc(-c2ccc(OC)cc2)n[nH]1)N(C)CCc1cccs1. The van der Waals surface area contributed by atoms with Crippen molar-refractivity contribution < 1.29 is 4.74 Å². The van der Waals surface area contributed by atoms with Crippen molar-refractivity contribution in [2.75, 3.05) is 27.7 Å². The van der Waals surface area contributed by atoms with Crippen LogP contribution in [0, 0.1) is 0 Å². The summed E-state index contributed by atoms with van der Waals surface area (Å²) in [5, 5.41) is 12.7. The van der Waals surface area contributed by atoms with Gasteiger partial charge in [-0.25, -0.2) is 4.98 Å². The van der Waals surface area contributed by atoms with Crippen LogP contribution in [0.15, 0.2) is 46.8 Å². The number of H-pyrrole nitrogens is 1. The van der Waals surface area contributed by atoms with E-state index in [1.807, 2.05) is 31.3 Å². The number of aromatic nitrogens is 3. The summed E-state index contributed by atoms with van der Waals surface area (Å²) in [4.78, 5) is 12.4. The fourth-order valence-electron chi connectivity index (χ4n) is 2.63. The average molecular weight is 385 g/mol. The Kier molecular flexibility index (Phi) is 6.43. The lowest BCUT2D eigenvalue weighted by atomic mass is 10.2. The molecule has 142 valence electrons. The molecule has 1 aromatic carbocycles. The van der Waals surface area contributed by atoms with Crippen molar-refractivity contribution in [1.82, 2.24) is 25.4 Å². The summed E-state index contributed by atoms with van der Waals surface area (Å²) in [6, 6.07) is 11.9. The number of thiophene rings is 1. The minimum absolute atomic E-state index is 0.527. The van der Waals surface area contributed by atoms with Crippen LogP contribution < -0.4 is 10.1 Å². The van der Waals surface area contributed by atoms with Crippen LogP contribution in [0.4, 0.5) is 0 Å². The number of hydrogen-bond donors (Lipinski definition) is 2. The first-order chi connectivity index (χ1) is 13.2. The van der Waals surface area contributed by atoms with Gasteiger partial charge in [0.05, 0.1) is 13.7 Å². The van der Waals surface area contributed by atoms with E-state index in [4.69, 9.17) is 4.74 Å². The van der Waals surface area contributed by atoms with E-state index >= 15 is 0 Å². The number of aliphatic imine (C=N–C) groups is 1. The van der Waals surface area contributed by atoms with Crippen molar-refractivity contribution in [3.05, 3.63) is 52.5 Å². The molecule has 0 unspecified atom stereocenters. The quantitative estimate of drug-likeness (QED) is 0.484. The van der Waals surface area contributed by atoms with Crippen LogP contribution >= 0.6 is 11.3 Å². The second-order valence-electron chi connectivity index (χ2n) is 5.99. The minimum atomic E-state index is 0.527. The Morgan fingerprint density at radius 2 is 2.11 bits per heavy atom. The number of nitrogens with one attached hydrogen (secondary N) is 2. The number of likely N-dealkylation sites (N-methyl/N-ethyl adjacent to an activating group) is 1. The highest BCUT2D eigenvalue weighted by Crippen LogP contribution is 2.18. The Labute approximate surface area is 163 Å².